The lowest BCUT2D eigenvalue weighted by Crippen LogP contribution is -2.30. The van der Waals surface area contributed by atoms with Crippen LogP contribution in [0, 0.1) is 5.92 Å². The van der Waals surface area contributed by atoms with Crippen molar-refractivity contribution in [2.75, 3.05) is 10.2 Å². The van der Waals surface area contributed by atoms with Crippen LogP contribution >= 0.6 is 23.8 Å². The third-order valence-corrected chi connectivity index (χ3v) is 6.41. The summed E-state index contributed by atoms with van der Waals surface area (Å²) in [6.45, 7) is 8.01. The molecule has 4 rings (SSSR count). The lowest BCUT2D eigenvalue weighted by Gasteiger charge is -2.30. The molecule has 6 nitrogen and oxygen atoms in total. The van der Waals surface area contributed by atoms with E-state index in [-0.39, 0.29) is 30.0 Å². The number of halogens is 1. The van der Waals surface area contributed by atoms with Gasteiger partial charge in [-0.25, -0.2) is 0 Å². The molecule has 0 bridgehead atoms. The van der Waals surface area contributed by atoms with Crippen molar-refractivity contribution in [2.45, 2.75) is 45.8 Å². The largest absolute Gasteiger partial charge is 0.351 e. The maximum atomic E-state index is 12.1. The van der Waals surface area contributed by atoms with Crippen LogP contribution in [0.4, 0.5) is 11.4 Å². The van der Waals surface area contributed by atoms with Crippen molar-refractivity contribution in [3.63, 3.8) is 0 Å². The summed E-state index contributed by atoms with van der Waals surface area (Å²) in [4.78, 5) is 18.8. The van der Waals surface area contributed by atoms with Gasteiger partial charge < -0.3 is 20.1 Å². The van der Waals surface area contributed by atoms with Crippen LogP contribution < -0.4 is 15.5 Å². The number of amides is 1. The van der Waals surface area contributed by atoms with Gasteiger partial charge in [0, 0.05) is 35.7 Å². The first-order valence-corrected chi connectivity index (χ1v) is 11.8. The van der Waals surface area contributed by atoms with E-state index in [0.717, 1.165) is 17.1 Å². The van der Waals surface area contributed by atoms with Crippen molar-refractivity contribution in [1.29, 1.82) is 0 Å². The maximum Gasteiger partial charge on any atom is 0.226 e. The molecule has 0 spiro atoms. The molecule has 0 saturated carbocycles. The van der Waals surface area contributed by atoms with Crippen LogP contribution in [-0.2, 0) is 4.79 Å². The van der Waals surface area contributed by atoms with Crippen LogP contribution in [0.25, 0.3) is 0 Å². The Morgan fingerprint density at radius 2 is 1.94 bits per heavy atom. The summed E-state index contributed by atoms with van der Waals surface area (Å²) in [6, 6.07) is 15.7. The summed E-state index contributed by atoms with van der Waals surface area (Å²) in [7, 11) is 0. The van der Waals surface area contributed by atoms with Crippen molar-refractivity contribution in [3.05, 3.63) is 77.3 Å². The van der Waals surface area contributed by atoms with Gasteiger partial charge in [0.1, 0.15) is 6.04 Å². The number of nitrogens with zero attached hydrogens (tertiary/aromatic N) is 3. The summed E-state index contributed by atoms with van der Waals surface area (Å²) in [5.74, 6) is -0.214. The minimum Gasteiger partial charge on any atom is -0.351 e. The van der Waals surface area contributed by atoms with Gasteiger partial charge in [-0.3, -0.25) is 9.78 Å². The number of carbonyl (C=O) groups is 1. The van der Waals surface area contributed by atoms with Crippen molar-refractivity contribution in [3.8, 4) is 0 Å². The molecule has 0 unspecified atom stereocenters. The molecule has 1 amide bonds. The van der Waals surface area contributed by atoms with E-state index in [1.807, 2.05) is 50.2 Å². The summed E-state index contributed by atoms with van der Waals surface area (Å²) in [6.07, 6.45) is 3.89. The lowest BCUT2D eigenvalue weighted by molar-refractivity contribution is -0.118. The molecular formula is C25H28ClN5OS. The number of nitrogens with one attached hydrogen (secondary N) is 2. The molecule has 2 N–H and O–H groups in total. The minimum absolute atomic E-state index is 0.0779. The van der Waals surface area contributed by atoms with Crippen LogP contribution in [0.3, 0.4) is 0 Å². The number of hydrogen-bond donors (Lipinski definition) is 2. The Morgan fingerprint density at radius 1 is 1.15 bits per heavy atom. The Morgan fingerprint density at radius 3 is 2.58 bits per heavy atom. The van der Waals surface area contributed by atoms with Gasteiger partial charge in [0.15, 0.2) is 5.11 Å². The fourth-order valence-electron chi connectivity index (χ4n) is 4.09. The molecule has 172 valence electrons. The number of pyridine rings is 1. The molecule has 0 aliphatic carbocycles. The van der Waals surface area contributed by atoms with Gasteiger partial charge in [-0.2, -0.15) is 0 Å². The van der Waals surface area contributed by atoms with Gasteiger partial charge in [-0.1, -0.05) is 31.5 Å². The van der Waals surface area contributed by atoms with Crippen LogP contribution in [0.2, 0.25) is 5.02 Å². The fourth-order valence-corrected chi connectivity index (χ4v) is 4.66. The van der Waals surface area contributed by atoms with E-state index < -0.39 is 0 Å². The number of thiocarbonyl (C=S) groups is 1. The van der Waals surface area contributed by atoms with E-state index in [4.69, 9.17) is 23.8 Å². The second kappa shape index (κ2) is 9.53. The maximum absolute atomic E-state index is 12.1. The quantitative estimate of drug-likeness (QED) is 0.430. The van der Waals surface area contributed by atoms with Crippen LogP contribution in [0.1, 0.15) is 57.2 Å². The smallest absolute Gasteiger partial charge is 0.226 e. The first kappa shape index (κ1) is 23.3. The van der Waals surface area contributed by atoms with Gasteiger partial charge >= 0.3 is 0 Å². The number of carbonyl (C=O) groups excluding carboxylic acids is 1. The lowest BCUT2D eigenvalue weighted by atomic mass is 10.0. The summed E-state index contributed by atoms with van der Waals surface area (Å²) < 4.78 is 2.25. The molecule has 1 saturated heterocycles. The molecule has 2 aromatic heterocycles. The standard InChI is InChI=1S/C25H28ClN5OS/c1-15(2)24(32)28-19-11-10-17(14-18(19)26)31-23(21-9-7-13-30(21)16(3)4)22(29-25(31)33)20-8-5-6-12-27-20/h5-16,22-23H,1-4H3,(H,28,32)(H,29,33)/t22-,23+/m0/s1. The van der Waals surface area contributed by atoms with E-state index in [1.54, 1.807) is 6.20 Å². The molecule has 3 aromatic rings. The molecule has 1 fully saturated rings. The zero-order chi connectivity index (χ0) is 23.7. The van der Waals surface area contributed by atoms with Crippen molar-refractivity contribution >= 4 is 46.2 Å². The Labute approximate surface area is 205 Å². The highest BCUT2D eigenvalue weighted by Gasteiger charge is 2.42. The average Bonchev–Trinajstić information content (AvgIpc) is 3.40. The number of rotatable bonds is 6. The first-order chi connectivity index (χ1) is 15.8. The summed E-state index contributed by atoms with van der Waals surface area (Å²) in [5, 5.41) is 7.42. The highest BCUT2D eigenvalue weighted by Crippen LogP contribution is 2.43. The zero-order valence-corrected chi connectivity index (χ0v) is 20.7. The van der Waals surface area contributed by atoms with Crippen molar-refractivity contribution in [2.24, 2.45) is 5.92 Å². The average molecular weight is 482 g/mol. The number of hydrogen-bond acceptors (Lipinski definition) is 3. The Balaban J connectivity index is 1.77. The monoisotopic (exact) mass is 481 g/mol. The van der Waals surface area contributed by atoms with Crippen LogP contribution in [0.15, 0.2) is 60.9 Å². The number of aromatic nitrogens is 2. The molecule has 2 atom stereocenters. The summed E-state index contributed by atoms with van der Waals surface area (Å²) >= 11 is 12.4. The van der Waals surface area contributed by atoms with E-state index >= 15 is 0 Å². The Kier molecular flexibility index (Phi) is 6.72. The van der Waals surface area contributed by atoms with Gasteiger partial charge in [-0.05, 0) is 68.5 Å². The van der Waals surface area contributed by atoms with E-state index in [2.05, 4.69) is 57.3 Å². The molecule has 33 heavy (non-hydrogen) atoms. The third-order valence-electron chi connectivity index (χ3n) is 5.78. The predicted molar refractivity (Wildman–Crippen MR) is 138 cm³/mol. The van der Waals surface area contributed by atoms with E-state index in [0.29, 0.717) is 15.8 Å². The molecule has 1 aliphatic heterocycles. The fraction of sp³-hybridized carbons (Fsp3) is 0.320. The van der Waals surface area contributed by atoms with Crippen molar-refractivity contribution in [1.82, 2.24) is 14.9 Å². The molecular weight excluding hydrogens is 454 g/mol. The van der Waals surface area contributed by atoms with Gasteiger partial charge in [0.25, 0.3) is 0 Å². The SMILES string of the molecule is CC(C)C(=O)Nc1ccc(N2C(=S)N[C@@H](c3ccccn3)[C@H]2c2cccn2C(C)C)cc1Cl. The molecule has 1 aromatic carbocycles. The molecule has 1 aliphatic rings. The zero-order valence-electron chi connectivity index (χ0n) is 19.1. The first-order valence-electron chi connectivity index (χ1n) is 11.1. The normalized spacial score (nSPS) is 18.2. The van der Waals surface area contributed by atoms with Gasteiger partial charge in [0.2, 0.25) is 5.91 Å². The second-order valence-electron chi connectivity index (χ2n) is 8.74. The second-order valence-corrected chi connectivity index (χ2v) is 9.53. The predicted octanol–water partition coefficient (Wildman–Crippen LogP) is 5.89. The minimum atomic E-state index is -0.136. The Bertz CT molecular complexity index is 1160. The van der Waals surface area contributed by atoms with Crippen molar-refractivity contribution < 1.29 is 4.79 Å². The summed E-state index contributed by atoms with van der Waals surface area (Å²) in [5.41, 5.74) is 3.47. The van der Waals surface area contributed by atoms with E-state index in [9.17, 15) is 4.79 Å². The van der Waals surface area contributed by atoms with Gasteiger partial charge in [-0.15, -0.1) is 0 Å². The Hall–Kier alpha value is -2.90. The topological polar surface area (TPSA) is 62.2 Å². The number of benzene rings is 1. The molecule has 3 heterocycles. The highest BCUT2D eigenvalue weighted by molar-refractivity contribution is 7.80. The number of anilines is 2. The highest BCUT2D eigenvalue weighted by atomic mass is 35.5. The molecule has 8 heteroatoms. The third kappa shape index (κ3) is 4.61. The molecule has 0 radical (unpaired) electrons. The van der Waals surface area contributed by atoms with Crippen LogP contribution in [-0.4, -0.2) is 20.6 Å². The van der Waals surface area contributed by atoms with Crippen LogP contribution in [0.5, 0.6) is 0 Å². The van der Waals surface area contributed by atoms with E-state index in [1.165, 1.54) is 0 Å². The van der Waals surface area contributed by atoms with Gasteiger partial charge in [0.05, 0.1) is 22.4 Å².